The molecule has 0 bridgehead atoms. The summed E-state index contributed by atoms with van der Waals surface area (Å²) in [6, 6.07) is 6.41. The number of thioether (sulfide) groups is 3. The summed E-state index contributed by atoms with van der Waals surface area (Å²) in [7, 11) is -2.90. The van der Waals surface area contributed by atoms with Gasteiger partial charge in [0.15, 0.2) is 0 Å². The molecule has 4 unspecified atom stereocenters. The largest absolute Gasteiger partial charge is 0.500 e. The van der Waals surface area contributed by atoms with Crippen LogP contribution in [0.25, 0.3) is 0 Å². The zero-order valence-electron chi connectivity index (χ0n) is 39.7. The second-order valence-electron chi connectivity index (χ2n) is 15.8. The molecule has 0 spiro atoms. The predicted octanol–water partition coefficient (Wildman–Crippen LogP) is 6.78. The summed E-state index contributed by atoms with van der Waals surface area (Å²) in [5, 5.41) is 36.4. The monoisotopic (exact) mass is 1060 g/mol. The van der Waals surface area contributed by atoms with Crippen LogP contribution in [0.5, 0.6) is 0 Å². The van der Waals surface area contributed by atoms with Gasteiger partial charge in [0.2, 0.25) is 10.2 Å². The number of benzene rings is 2. The van der Waals surface area contributed by atoms with Crippen molar-refractivity contribution in [2.75, 3.05) is 46.2 Å². The Kier molecular flexibility index (Phi) is 25.9. The van der Waals surface area contributed by atoms with Gasteiger partial charge in [0.05, 0.1) is 46.9 Å². The molecule has 1 amide bonds. The Labute approximate surface area is 418 Å². The van der Waals surface area contributed by atoms with Crippen LogP contribution in [0, 0.1) is 5.41 Å². The van der Waals surface area contributed by atoms with Crippen molar-refractivity contribution in [2.24, 2.45) is 5.41 Å². The van der Waals surface area contributed by atoms with Crippen molar-refractivity contribution < 1.29 is 95.9 Å². The minimum Gasteiger partial charge on any atom is -0.478 e. The van der Waals surface area contributed by atoms with Crippen LogP contribution in [0.2, 0.25) is 6.04 Å². The van der Waals surface area contributed by atoms with Gasteiger partial charge in [-0.3, -0.25) is 28.8 Å². The number of carboxylic acids is 4. The first-order chi connectivity index (χ1) is 32.9. The number of amides is 1. The molecule has 386 valence electrons. The average Bonchev–Trinajstić information content (AvgIpc) is 3.28. The highest BCUT2D eigenvalue weighted by atomic mass is 32.2. The Morgan fingerprint density at radius 3 is 1.34 bits per heavy atom. The fourth-order valence-electron chi connectivity index (χ4n) is 6.17. The quantitative estimate of drug-likeness (QED) is 0.0225. The molecule has 2 aromatic rings. The molecule has 5 N–H and O–H groups in total. The number of hydrogen-bond donors (Lipinski definition) is 5. The van der Waals surface area contributed by atoms with Gasteiger partial charge in [0.1, 0.15) is 19.8 Å². The topological polar surface area (TPSA) is 319 Å². The fraction of sp³-hybridized carbons (Fsp3) is 0.511. The van der Waals surface area contributed by atoms with E-state index in [1.807, 2.05) is 20.8 Å². The van der Waals surface area contributed by atoms with Crippen LogP contribution in [-0.2, 0) is 41.9 Å². The minimum absolute atomic E-state index is 0.226. The first-order valence-corrected chi connectivity index (χ1v) is 26.4. The summed E-state index contributed by atoms with van der Waals surface area (Å²) in [4.78, 5) is 124. The summed E-state index contributed by atoms with van der Waals surface area (Å²) in [5.74, 6) is -8.23. The number of ether oxygens (including phenoxy) is 3. The van der Waals surface area contributed by atoms with Crippen molar-refractivity contribution >= 4 is 101 Å². The van der Waals surface area contributed by atoms with Gasteiger partial charge in [-0.1, -0.05) is 56.1 Å². The van der Waals surface area contributed by atoms with Gasteiger partial charge in [0, 0.05) is 59.3 Å². The summed E-state index contributed by atoms with van der Waals surface area (Å²) in [6.45, 7) is 11.7. The maximum absolute atomic E-state index is 13.1. The number of nitrogens with one attached hydrogen (secondary N) is 1. The van der Waals surface area contributed by atoms with E-state index in [0.717, 1.165) is 48.2 Å². The number of rotatable bonds is 31. The van der Waals surface area contributed by atoms with E-state index in [1.54, 1.807) is 6.92 Å². The fourth-order valence-corrected chi connectivity index (χ4v) is 11.3. The van der Waals surface area contributed by atoms with E-state index in [2.05, 4.69) is 5.32 Å². The summed E-state index contributed by atoms with van der Waals surface area (Å²) in [6.07, 6.45) is -0.489. The highest BCUT2D eigenvalue weighted by Crippen LogP contribution is 2.28. The molecule has 2 rings (SSSR count). The number of carbonyl (C=O) groups excluding carboxylic acids is 6. The standard InChI is InChI=1S/C45H59NO20S3Si/c1-8-64-70(65-9-2,66-10-3)17-11-16-46-44(60)69-28(6)20-37(49)63-25-45(7,23-61-35(47)18-26(4)67-42(58)32-15-13-29(38(50)51)21-33(32)41(56)57)24-62-36(48)19-27(5)68-43(59)34-22-30(39(52)53)12-14-31(34)40(54)55/h12-15,21-22,26-28H,8-11,16-20,23-25H2,1-7H3,(H,46,60)(H,50,51)(H,52,53)(H,54,55)(H,56,57). The predicted molar refractivity (Wildman–Crippen MR) is 259 cm³/mol. The highest BCUT2D eigenvalue weighted by Gasteiger charge is 2.40. The first-order valence-electron chi connectivity index (χ1n) is 21.8. The smallest absolute Gasteiger partial charge is 0.478 e. The number of aromatic carboxylic acids is 4. The van der Waals surface area contributed by atoms with Gasteiger partial charge in [-0.2, -0.15) is 0 Å². The average molecular weight is 1060 g/mol. The second kappa shape index (κ2) is 29.8. The van der Waals surface area contributed by atoms with E-state index in [1.165, 1.54) is 20.8 Å². The van der Waals surface area contributed by atoms with Crippen molar-refractivity contribution in [1.82, 2.24) is 5.32 Å². The van der Waals surface area contributed by atoms with Crippen LogP contribution in [0.4, 0.5) is 4.79 Å². The second-order valence-corrected chi connectivity index (χ2v) is 22.8. The van der Waals surface area contributed by atoms with Gasteiger partial charge in [-0.25, -0.2) is 19.2 Å². The van der Waals surface area contributed by atoms with Crippen molar-refractivity contribution in [3.8, 4) is 0 Å². The van der Waals surface area contributed by atoms with E-state index < -0.39 is 125 Å². The SMILES string of the molecule is CCO[Si](CCCNC(=O)SC(C)CC(=O)OCC(C)(COC(=O)CC(C)SC(=O)c1ccc(C(=O)O)cc1C(=O)O)COC(=O)CC(C)SC(=O)c1cc(C(=O)O)ccc1C(=O)O)(OCC)OCC. The molecule has 0 fully saturated rings. The molecule has 70 heavy (non-hydrogen) atoms. The summed E-state index contributed by atoms with van der Waals surface area (Å²) < 4.78 is 34.0. The number of carboxylic acid groups (broad SMARTS) is 4. The lowest BCUT2D eigenvalue weighted by Crippen LogP contribution is -2.46. The van der Waals surface area contributed by atoms with E-state index in [0.29, 0.717) is 62.4 Å². The Morgan fingerprint density at radius 1 is 0.557 bits per heavy atom. The molecule has 0 aromatic heterocycles. The molecule has 0 radical (unpaired) electrons. The Hall–Kier alpha value is -5.31. The first kappa shape index (κ1) is 60.8. The highest BCUT2D eigenvalue weighted by molar-refractivity contribution is 8.15. The number of esters is 3. The van der Waals surface area contributed by atoms with Crippen molar-refractivity contribution in [3.63, 3.8) is 0 Å². The molecular formula is C45H59NO20S3Si. The Balaban J connectivity index is 2.12. The lowest BCUT2D eigenvalue weighted by Gasteiger charge is -2.28. The third-order valence-corrected chi connectivity index (χ3v) is 15.6. The zero-order chi connectivity index (χ0) is 52.8. The molecule has 0 aliphatic rings. The van der Waals surface area contributed by atoms with Crippen LogP contribution in [-0.4, -0.2) is 148 Å². The van der Waals surface area contributed by atoms with Crippen LogP contribution in [0.1, 0.15) is 136 Å². The van der Waals surface area contributed by atoms with Crippen LogP contribution in [0.3, 0.4) is 0 Å². The third-order valence-electron chi connectivity index (χ3n) is 9.49. The minimum atomic E-state index is -2.90. The Bertz CT molecular complexity index is 2210. The molecule has 0 aliphatic carbocycles. The lowest BCUT2D eigenvalue weighted by molar-refractivity contribution is -0.160. The number of hydrogen-bond acceptors (Lipinski definition) is 19. The van der Waals surface area contributed by atoms with Crippen molar-refractivity contribution in [3.05, 3.63) is 69.8 Å². The summed E-state index contributed by atoms with van der Waals surface area (Å²) >= 11 is 2.05. The van der Waals surface area contributed by atoms with Gasteiger partial charge in [-0.05, 0) is 70.5 Å². The molecule has 25 heteroatoms. The third kappa shape index (κ3) is 21.0. The summed E-state index contributed by atoms with van der Waals surface area (Å²) in [5.41, 5.74) is -3.73. The van der Waals surface area contributed by atoms with Gasteiger partial charge < -0.3 is 53.2 Å². The maximum atomic E-state index is 13.1. The lowest BCUT2D eigenvalue weighted by atomic mass is 9.94. The van der Waals surface area contributed by atoms with Gasteiger partial charge in [0.25, 0.3) is 5.24 Å². The molecule has 2 aromatic carbocycles. The van der Waals surface area contributed by atoms with Crippen molar-refractivity contribution in [2.45, 2.75) is 95.9 Å². The van der Waals surface area contributed by atoms with Gasteiger partial charge >= 0.3 is 50.6 Å². The van der Waals surface area contributed by atoms with E-state index >= 15 is 0 Å². The molecule has 4 atom stereocenters. The van der Waals surface area contributed by atoms with Crippen LogP contribution >= 0.6 is 35.3 Å². The van der Waals surface area contributed by atoms with E-state index in [4.69, 9.17) is 27.5 Å². The number of carbonyl (C=O) groups is 10. The van der Waals surface area contributed by atoms with Crippen LogP contribution in [0.15, 0.2) is 36.4 Å². The van der Waals surface area contributed by atoms with Crippen molar-refractivity contribution in [1.29, 1.82) is 0 Å². The van der Waals surface area contributed by atoms with E-state index in [-0.39, 0.29) is 35.1 Å². The van der Waals surface area contributed by atoms with Crippen LogP contribution < -0.4 is 5.32 Å². The molecule has 0 aliphatic heterocycles. The van der Waals surface area contributed by atoms with Gasteiger partial charge in [-0.15, -0.1) is 0 Å². The molecule has 21 nitrogen and oxygen atoms in total. The molecular weight excluding hydrogens is 999 g/mol. The maximum Gasteiger partial charge on any atom is 0.500 e. The zero-order valence-corrected chi connectivity index (χ0v) is 43.2. The molecule has 0 saturated carbocycles. The Morgan fingerprint density at radius 2 is 0.943 bits per heavy atom. The molecule has 0 heterocycles. The molecule has 0 saturated heterocycles. The van der Waals surface area contributed by atoms with E-state index in [9.17, 15) is 68.4 Å². The normalized spacial score (nSPS) is 13.4.